The first-order valence-electron chi connectivity index (χ1n) is 7.76. The molecular weight excluding hydrogens is 284 g/mol. The zero-order valence-electron chi connectivity index (χ0n) is 12.9. The fraction of sp³-hybridized carbons (Fsp3) is 0.667. The Balaban J connectivity index is 1.51. The third-order valence-corrected chi connectivity index (χ3v) is 4.61. The van der Waals surface area contributed by atoms with Crippen molar-refractivity contribution in [1.82, 2.24) is 15.0 Å². The predicted octanol–water partition coefficient (Wildman–Crippen LogP) is 0.539. The highest BCUT2D eigenvalue weighted by atomic mass is 16.5. The second kappa shape index (κ2) is 5.72. The number of piperazine rings is 1. The smallest absolute Gasteiger partial charge is 0.292 e. The molecule has 1 saturated carbocycles. The van der Waals surface area contributed by atoms with Gasteiger partial charge in [-0.25, -0.2) is 0 Å². The van der Waals surface area contributed by atoms with E-state index in [1.54, 1.807) is 17.9 Å². The van der Waals surface area contributed by atoms with Crippen molar-refractivity contribution in [3.63, 3.8) is 0 Å². The van der Waals surface area contributed by atoms with Gasteiger partial charge in [0, 0.05) is 44.2 Å². The standard InChI is InChI=1S/C15H22N4O3/c1-11-9-12(22-17-11)14(21)19-7-5-18(6-8-19)13(20)10-15(16)3-2-4-15/h9H,2-8,10,16H2,1H3. The Kier molecular flexibility index (Phi) is 3.90. The summed E-state index contributed by atoms with van der Waals surface area (Å²) in [7, 11) is 0. The molecule has 0 atom stereocenters. The first-order chi connectivity index (χ1) is 10.5. The number of hydrogen-bond donors (Lipinski definition) is 1. The molecule has 2 aliphatic rings. The number of carbonyl (C=O) groups excluding carboxylic acids is 2. The van der Waals surface area contributed by atoms with Crippen LogP contribution in [0.15, 0.2) is 10.6 Å². The topological polar surface area (TPSA) is 92.7 Å². The van der Waals surface area contributed by atoms with E-state index >= 15 is 0 Å². The lowest BCUT2D eigenvalue weighted by Gasteiger charge is -2.40. The predicted molar refractivity (Wildman–Crippen MR) is 79.1 cm³/mol. The minimum atomic E-state index is -0.290. The van der Waals surface area contributed by atoms with Crippen LogP contribution < -0.4 is 5.73 Å². The van der Waals surface area contributed by atoms with Gasteiger partial charge in [0.2, 0.25) is 11.7 Å². The Morgan fingerprint density at radius 2 is 1.91 bits per heavy atom. The lowest BCUT2D eigenvalue weighted by Crippen LogP contribution is -2.54. The Hall–Kier alpha value is -1.89. The van der Waals surface area contributed by atoms with Gasteiger partial charge in [-0.3, -0.25) is 9.59 Å². The average Bonchev–Trinajstić information content (AvgIpc) is 2.91. The summed E-state index contributed by atoms with van der Waals surface area (Å²) in [5.74, 6) is 0.194. The normalized spacial score (nSPS) is 20.6. The van der Waals surface area contributed by atoms with Crippen LogP contribution in [0.4, 0.5) is 0 Å². The molecule has 7 nitrogen and oxygen atoms in total. The molecule has 2 fully saturated rings. The Bertz CT molecular complexity index is 571. The lowest BCUT2D eigenvalue weighted by atomic mass is 9.75. The highest BCUT2D eigenvalue weighted by Crippen LogP contribution is 2.32. The van der Waals surface area contributed by atoms with Gasteiger partial charge in [0.05, 0.1) is 5.69 Å². The largest absolute Gasteiger partial charge is 0.351 e. The van der Waals surface area contributed by atoms with Crippen molar-refractivity contribution in [3.8, 4) is 0 Å². The van der Waals surface area contributed by atoms with Gasteiger partial charge in [0.1, 0.15) is 0 Å². The summed E-state index contributed by atoms with van der Waals surface area (Å²) < 4.78 is 5.00. The van der Waals surface area contributed by atoms with Crippen LogP contribution in [-0.2, 0) is 4.79 Å². The molecule has 1 aromatic heterocycles. The molecular formula is C15H22N4O3. The van der Waals surface area contributed by atoms with Gasteiger partial charge in [-0.2, -0.15) is 0 Å². The van der Waals surface area contributed by atoms with Crippen LogP contribution in [0.5, 0.6) is 0 Å². The van der Waals surface area contributed by atoms with Gasteiger partial charge in [0.25, 0.3) is 5.91 Å². The summed E-state index contributed by atoms with van der Waals surface area (Å²) in [6, 6.07) is 1.63. The third-order valence-electron chi connectivity index (χ3n) is 4.61. The number of nitrogens with two attached hydrogens (primary N) is 1. The van der Waals surface area contributed by atoms with E-state index in [2.05, 4.69) is 5.16 Å². The molecule has 7 heteroatoms. The molecule has 2 amide bonds. The minimum Gasteiger partial charge on any atom is -0.351 e. The molecule has 2 N–H and O–H groups in total. The molecule has 120 valence electrons. The van der Waals surface area contributed by atoms with Crippen molar-refractivity contribution in [2.75, 3.05) is 26.2 Å². The van der Waals surface area contributed by atoms with E-state index in [0.717, 1.165) is 19.3 Å². The molecule has 22 heavy (non-hydrogen) atoms. The summed E-state index contributed by atoms with van der Waals surface area (Å²) in [4.78, 5) is 28.0. The zero-order valence-corrected chi connectivity index (χ0v) is 12.9. The number of amides is 2. The molecule has 1 aliphatic heterocycles. The molecule has 2 heterocycles. The third kappa shape index (κ3) is 2.99. The monoisotopic (exact) mass is 306 g/mol. The summed E-state index contributed by atoms with van der Waals surface area (Å²) in [5, 5.41) is 3.73. The van der Waals surface area contributed by atoms with Crippen LogP contribution in [-0.4, -0.2) is 58.5 Å². The van der Waals surface area contributed by atoms with Gasteiger partial charge in [-0.15, -0.1) is 0 Å². The van der Waals surface area contributed by atoms with Crippen molar-refractivity contribution < 1.29 is 14.1 Å². The van der Waals surface area contributed by atoms with Crippen LogP contribution in [0.3, 0.4) is 0 Å². The molecule has 0 aromatic carbocycles. The summed E-state index contributed by atoms with van der Waals surface area (Å²) in [5.41, 5.74) is 6.53. The van der Waals surface area contributed by atoms with Crippen LogP contribution in [0.25, 0.3) is 0 Å². The van der Waals surface area contributed by atoms with Gasteiger partial charge in [-0.1, -0.05) is 5.16 Å². The van der Waals surface area contributed by atoms with Crippen molar-refractivity contribution in [1.29, 1.82) is 0 Å². The zero-order chi connectivity index (χ0) is 15.7. The van der Waals surface area contributed by atoms with Crippen molar-refractivity contribution >= 4 is 11.8 Å². The first kappa shape index (κ1) is 15.0. The number of aryl methyl sites for hydroxylation is 1. The fourth-order valence-electron chi connectivity index (χ4n) is 3.00. The summed E-state index contributed by atoms with van der Waals surface area (Å²) in [6.45, 7) is 3.91. The van der Waals surface area contributed by atoms with Crippen LogP contribution >= 0.6 is 0 Å². The fourth-order valence-corrected chi connectivity index (χ4v) is 3.00. The van der Waals surface area contributed by atoms with E-state index in [1.165, 1.54) is 0 Å². The second-order valence-corrected chi connectivity index (χ2v) is 6.40. The highest BCUT2D eigenvalue weighted by molar-refractivity contribution is 5.91. The van der Waals surface area contributed by atoms with E-state index in [-0.39, 0.29) is 23.1 Å². The molecule has 1 aromatic rings. The first-order valence-corrected chi connectivity index (χ1v) is 7.76. The molecule has 1 aliphatic carbocycles. The second-order valence-electron chi connectivity index (χ2n) is 6.40. The van der Waals surface area contributed by atoms with Crippen molar-refractivity contribution in [2.45, 2.75) is 38.1 Å². The maximum atomic E-state index is 12.3. The molecule has 0 bridgehead atoms. The maximum absolute atomic E-state index is 12.3. The Labute approximate surface area is 129 Å². The SMILES string of the molecule is Cc1cc(C(=O)N2CCN(C(=O)CC3(N)CCC3)CC2)on1. The molecule has 0 unspecified atom stereocenters. The number of nitrogens with zero attached hydrogens (tertiary/aromatic N) is 3. The van der Waals surface area contributed by atoms with E-state index in [1.807, 2.05) is 4.90 Å². The Morgan fingerprint density at radius 1 is 1.27 bits per heavy atom. The molecule has 1 saturated heterocycles. The molecule has 3 rings (SSSR count). The molecule has 0 spiro atoms. The highest BCUT2D eigenvalue weighted by Gasteiger charge is 2.37. The van der Waals surface area contributed by atoms with Crippen molar-refractivity contribution in [2.24, 2.45) is 5.73 Å². The number of aromatic nitrogens is 1. The lowest BCUT2D eigenvalue weighted by molar-refractivity contribution is -0.134. The van der Waals surface area contributed by atoms with Gasteiger partial charge in [-0.05, 0) is 26.2 Å². The molecule has 0 radical (unpaired) electrons. The average molecular weight is 306 g/mol. The van der Waals surface area contributed by atoms with Crippen LogP contribution in [0, 0.1) is 6.92 Å². The van der Waals surface area contributed by atoms with E-state index in [4.69, 9.17) is 10.3 Å². The number of hydrogen-bond acceptors (Lipinski definition) is 5. The maximum Gasteiger partial charge on any atom is 0.292 e. The van der Waals surface area contributed by atoms with Crippen LogP contribution in [0.2, 0.25) is 0 Å². The van der Waals surface area contributed by atoms with E-state index in [9.17, 15) is 9.59 Å². The van der Waals surface area contributed by atoms with Gasteiger partial charge in [0.15, 0.2) is 0 Å². The Morgan fingerprint density at radius 3 is 2.41 bits per heavy atom. The van der Waals surface area contributed by atoms with Crippen LogP contribution in [0.1, 0.15) is 41.9 Å². The quantitative estimate of drug-likeness (QED) is 0.880. The van der Waals surface area contributed by atoms with E-state index in [0.29, 0.717) is 38.3 Å². The van der Waals surface area contributed by atoms with Crippen molar-refractivity contribution in [3.05, 3.63) is 17.5 Å². The number of carbonyl (C=O) groups is 2. The van der Waals surface area contributed by atoms with E-state index < -0.39 is 0 Å². The number of rotatable bonds is 3. The van der Waals surface area contributed by atoms with Gasteiger partial charge < -0.3 is 20.1 Å². The van der Waals surface area contributed by atoms with Gasteiger partial charge >= 0.3 is 0 Å². The minimum absolute atomic E-state index is 0.102. The summed E-state index contributed by atoms with van der Waals surface area (Å²) >= 11 is 0. The summed E-state index contributed by atoms with van der Waals surface area (Å²) in [6.07, 6.45) is 3.40.